The molecule has 1 aliphatic heterocycles. The summed E-state index contributed by atoms with van der Waals surface area (Å²) in [5.74, 6) is 0.699. The van der Waals surface area contributed by atoms with E-state index in [1.807, 2.05) is 18.7 Å². The molecule has 0 aromatic heterocycles. The van der Waals surface area contributed by atoms with E-state index in [1.165, 1.54) is 6.42 Å². The van der Waals surface area contributed by atoms with Gasteiger partial charge in [-0.05, 0) is 26.2 Å². The van der Waals surface area contributed by atoms with E-state index in [4.69, 9.17) is 0 Å². The van der Waals surface area contributed by atoms with Crippen LogP contribution >= 0.6 is 0 Å². The minimum Gasteiger partial charge on any atom is -0.343 e. The quantitative estimate of drug-likeness (QED) is 0.647. The number of hydrogen-bond donors (Lipinski definition) is 0. The molecule has 1 unspecified atom stereocenters. The smallest absolute Gasteiger partial charge is 0.225 e. The molecule has 0 N–H and O–H groups in total. The zero-order valence-electron chi connectivity index (χ0n) is 9.47. The van der Waals surface area contributed by atoms with Crippen molar-refractivity contribution in [3.63, 3.8) is 0 Å². The zero-order valence-corrected chi connectivity index (χ0v) is 9.47. The van der Waals surface area contributed by atoms with Gasteiger partial charge in [0, 0.05) is 19.0 Å². The van der Waals surface area contributed by atoms with E-state index >= 15 is 0 Å². The average Bonchev–Trinajstić information content (AvgIpc) is 2.21. The molecule has 0 aromatic carbocycles. The van der Waals surface area contributed by atoms with Gasteiger partial charge in [-0.25, -0.2) is 0 Å². The summed E-state index contributed by atoms with van der Waals surface area (Å²) in [4.78, 5) is 13.5. The molecule has 0 saturated carbocycles. The zero-order chi connectivity index (χ0) is 10.3. The topological polar surface area (TPSA) is 20.3 Å². The summed E-state index contributed by atoms with van der Waals surface area (Å²) in [7, 11) is 0. The van der Waals surface area contributed by atoms with Crippen LogP contribution in [0.4, 0.5) is 0 Å². The van der Waals surface area contributed by atoms with E-state index < -0.39 is 0 Å². The highest BCUT2D eigenvalue weighted by atomic mass is 16.2. The number of piperidine rings is 1. The molecule has 1 fully saturated rings. The van der Waals surface area contributed by atoms with Crippen LogP contribution in [0.15, 0.2) is 0 Å². The van der Waals surface area contributed by atoms with Gasteiger partial charge in [0.05, 0.1) is 0 Å². The summed E-state index contributed by atoms with van der Waals surface area (Å²) in [6.45, 7) is 10.0. The maximum absolute atomic E-state index is 11.5. The first-order valence-electron chi connectivity index (χ1n) is 5.58. The molecule has 1 saturated heterocycles. The van der Waals surface area contributed by atoms with Crippen molar-refractivity contribution < 1.29 is 4.79 Å². The number of carbonyl (C=O) groups excluding carboxylic acids is 1. The Kier molecular flexibility index (Phi) is 6.65. The maximum atomic E-state index is 11.5. The Balaban J connectivity index is 0.000000671. The average molecular weight is 185 g/mol. The van der Waals surface area contributed by atoms with Crippen molar-refractivity contribution in [2.24, 2.45) is 5.92 Å². The van der Waals surface area contributed by atoms with Gasteiger partial charge in [0.1, 0.15) is 0 Å². The highest BCUT2D eigenvalue weighted by molar-refractivity contribution is 5.79. The lowest BCUT2D eigenvalue weighted by Gasteiger charge is -2.30. The van der Waals surface area contributed by atoms with Gasteiger partial charge in [0.25, 0.3) is 0 Å². The fourth-order valence-electron chi connectivity index (χ4n) is 1.71. The Morgan fingerprint density at radius 1 is 1.38 bits per heavy atom. The molecule has 0 radical (unpaired) electrons. The highest BCUT2D eigenvalue weighted by Crippen LogP contribution is 2.19. The monoisotopic (exact) mass is 185 g/mol. The van der Waals surface area contributed by atoms with E-state index in [-0.39, 0.29) is 0 Å². The lowest BCUT2D eigenvalue weighted by atomic mass is 9.95. The molecular formula is C11H23NO. The predicted molar refractivity (Wildman–Crippen MR) is 56.6 cm³/mol. The second-order valence-corrected chi connectivity index (χ2v) is 3.17. The van der Waals surface area contributed by atoms with E-state index in [0.717, 1.165) is 25.9 Å². The second-order valence-electron chi connectivity index (χ2n) is 3.17. The molecule has 1 aliphatic rings. The van der Waals surface area contributed by atoms with Crippen LogP contribution in [-0.4, -0.2) is 23.9 Å². The molecule has 0 spiro atoms. The number of carbonyl (C=O) groups is 1. The number of hydrogen-bond acceptors (Lipinski definition) is 1. The van der Waals surface area contributed by atoms with Gasteiger partial charge in [-0.2, -0.15) is 0 Å². The van der Waals surface area contributed by atoms with Crippen LogP contribution in [0.2, 0.25) is 0 Å². The van der Waals surface area contributed by atoms with Crippen molar-refractivity contribution in [1.29, 1.82) is 0 Å². The summed E-state index contributed by atoms with van der Waals surface area (Å²) >= 11 is 0. The first kappa shape index (κ1) is 12.5. The normalized spacial score (nSPS) is 22.3. The fraction of sp³-hybridized carbons (Fsp3) is 0.909. The van der Waals surface area contributed by atoms with Crippen molar-refractivity contribution in [2.45, 2.75) is 47.0 Å². The van der Waals surface area contributed by atoms with Crippen LogP contribution in [0.1, 0.15) is 47.0 Å². The number of rotatable bonds is 2. The Bertz CT molecular complexity index is 131. The largest absolute Gasteiger partial charge is 0.343 e. The molecule has 1 atom stereocenters. The molecule has 2 nitrogen and oxygen atoms in total. The van der Waals surface area contributed by atoms with Gasteiger partial charge >= 0.3 is 0 Å². The van der Waals surface area contributed by atoms with Crippen LogP contribution in [0.3, 0.4) is 0 Å². The Hall–Kier alpha value is -0.530. The van der Waals surface area contributed by atoms with Gasteiger partial charge < -0.3 is 4.90 Å². The SMILES string of the molecule is CC.CCC1CCCN(CC)C1=O. The Morgan fingerprint density at radius 3 is 2.46 bits per heavy atom. The third-order valence-electron chi connectivity index (χ3n) is 2.52. The summed E-state index contributed by atoms with van der Waals surface area (Å²) < 4.78 is 0. The molecule has 0 aromatic rings. The Labute approximate surface area is 82.3 Å². The van der Waals surface area contributed by atoms with Crippen LogP contribution in [0.5, 0.6) is 0 Å². The third-order valence-corrected chi connectivity index (χ3v) is 2.52. The van der Waals surface area contributed by atoms with Gasteiger partial charge in [-0.3, -0.25) is 4.79 Å². The number of nitrogens with zero attached hydrogens (tertiary/aromatic N) is 1. The minimum absolute atomic E-state index is 0.323. The highest BCUT2D eigenvalue weighted by Gasteiger charge is 2.25. The lowest BCUT2D eigenvalue weighted by molar-refractivity contribution is -0.138. The summed E-state index contributed by atoms with van der Waals surface area (Å²) in [6, 6.07) is 0. The van der Waals surface area contributed by atoms with Crippen LogP contribution in [0, 0.1) is 5.92 Å². The predicted octanol–water partition coefficient (Wildman–Crippen LogP) is 2.68. The standard InChI is InChI=1S/C9H17NO.C2H6/c1-3-8-6-5-7-10(4-2)9(8)11;1-2/h8H,3-7H2,1-2H3;1-2H3. The third kappa shape index (κ3) is 3.37. The molecule has 0 bridgehead atoms. The van der Waals surface area contributed by atoms with Crippen molar-refractivity contribution >= 4 is 5.91 Å². The van der Waals surface area contributed by atoms with Gasteiger partial charge in [-0.1, -0.05) is 20.8 Å². The van der Waals surface area contributed by atoms with Gasteiger partial charge in [0.2, 0.25) is 5.91 Å². The molecule has 1 amide bonds. The lowest BCUT2D eigenvalue weighted by Crippen LogP contribution is -2.40. The van der Waals surface area contributed by atoms with Gasteiger partial charge in [0.15, 0.2) is 0 Å². The first-order valence-corrected chi connectivity index (χ1v) is 5.58. The molecule has 13 heavy (non-hydrogen) atoms. The number of likely N-dealkylation sites (tertiary alicyclic amines) is 1. The van der Waals surface area contributed by atoms with Crippen LogP contribution in [-0.2, 0) is 4.79 Å². The van der Waals surface area contributed by atoms with E-state index in [9.17, 15) is 4.79 Å². The molecule has 2 heteroatoms. The fourth-order valence-corrected chi connectivity index (χ4v) is 1.71. The minimum atomic E-state index is 0.323. The first-order chi connectivity index (χ1) is 6.29. The summed E-state index contributed by atoms with van der Waals surface area (Å²) in [6.07, 6.45) is 3.30. The van der Waals surface area contributed by atoms with E-state index in [1.54, 1.807) is 0 Å². The van der Waals surface area contributed by atoms with Crippen molar-refractivity contribution in [1.82, 2.24) is 4.90 Å². The maximum Gasteiger partial charge on any atom is 0.225 e. The van der Waals surface area contributed by atoms with Crippen LogP contribution in [0.25, 0.3) is 0 Å². The van der Waals surface area contributed by atoms with Crippen molar-refractivity contribution in [3.05, 3.63) is 0 Å². The molecule has 1 rings (SSSR count). The molecule has 1 heterocycles. The molecular weight excluding hydrogens is 162 g/mol. The Morgan fingerprint density at radius 2 is 2.00 bits per heavy atom. The molecule has 0 aliphatic carbocycles. The van der Waals surface area contributed by atoms with E-state index in [0.29, 0.717) is 11.8 Å². The van der Waals surface area contributed by atoms with Crippen molar-refractivity contribution in [2.75, 3.05) is 13.1 Å². The molecule has 78 valence electrons. The van der Waals surface area contributed by atoms with Crippen LogP contribution < -0.4 is 0 Å². The number of amides is 1. The van der Waals surface area contributed by atoms with E-state index in [2.05, 4.69) is 13.8 Å². The van der Waals surface area contributed by atoms with Gasteiger partial charge in [-0.15, -0.1) is 0 Å². The van der Waals surface area contributed by atoms with Crippen molar-refractivity contribution in [3.8, 4) is 0 Å². The summed E-state index contributed by atoms with van der Waals surface area (Å²) in [5.41, 5.74) is 0. The second kappa shape index (κ2) is 6.93. The summed E-state index contributed by atoms with van der Waals surface area (Å²) in [5, 5.41) is 0.